The molecule has 0 spiro atoms. The molecule has 2 aromatic rings. The summed E-state index contributed by atoms with van der Waals surface area (Å²) in [4.78, 5) is 54.3. The fraction of sp³-hybridized carbons (Fsp3) is 0.407. The van der Waals surface area contributed by atoms with E-state index < -0.39 is 6.04 Å². The van der Waals surface area contributed by atoms with Gasteiger partial charge in [-0.15, -0.1) is 0 Å². The molecule has 9 heteroatoms. The van der Waals surface area contributed by atoms with Gasteiger partial charge in [0.1, 0.15) is 6.04 Å². The number of nitrogens with zero attached hydrogens (tertiary/aromatic N) is 2. The van der Waals surface area contributed by atoms with Crippen molar-refractivity contribution in [2.75, 3.05) is 13.1 Å². The summed E-state index contributed by atoms with van der Waals surface area (Å²) in [6, 6.07) is 11.0. The van der Waals surface area contributed by atoms with Gasteiger partial charge >= 0.3 is 0 Å². The topological polar surface area (TPSA) is 86.8 Å². The molecule has 36 heavy (non-hydrogen) atoms. The van der Waals surface area contributed by atoms with Crippen LogP contribution in [0.15, 0.2) is 42.5 Å². The lowest BCUT2D eigenvalue weighted by molar-refractivity contribution is -0.141. The summed E-state index contributed by atoms with van der Waals surface area (Å²) in [7, 11) is 0. The van der Waals surface area contributed by atoms with Crippen molar-refractivity contribution in [2.24, 2.45) is 5.92 Å². The maximum absolute atomic E-state index is 13.4. The van der Waals surface area contributed by atoms with Gasteiger partial charge in [0, 0.05) is 36.1 Å². The Morgan fingerprint density at radius 1 is 1.03 bits per heavy atom. The van der Waals surface area contributed by atoms with Crippen LogP contribution in [0.1, 0.15) is 66.3 Å². The molecule has 192 valence electrons. The van der Waals surface area contributed by atoms with Crippen molar-refractivity contribution in [3.63, 3.8) is 0 Å². The van der Waals surface area contributed by atoms with Crippen LogP contribution in [0, 0.1) is 5.92 Å². The second-order valence-electron chi connectivity index (χ2n) is 9.23. The molecule has 3 rings (SSSR count). The lowest BCUT2D eigenvalue weighted by Gasteiger charge is -2.31. The van der Waals surface area contributed by atoms with Crippen molar-refractivity contribution >= 4 is 46.8 Å². The predicted octanol–water partition coefficient (Wildman–Crippen LogP) is 4.95. The van der Waals surface area contributed by atoms with Crippen LogP contribution < -0.4 is 5.32 Å². The highest BCUT2D eigenvalue weighted by atomic mass is 35.5. The van der Waals surface area contributed by atoms with E-state index in [0.29, 0.717) is 39.7 Å². The van der Waals surface area contributed by atoms with Crippen molar-refractivity contribution in [2.45, 2.75) is 52.6 Å². The lowest BCUT2D eigenvalue weighted by atomic mass is 10.1. The minimum atomic E-state index is -0.692. The van der Waals surface area contributed by atoms with Crippen molar-refractivity contribution in [1.29, 1.82) is 0 Å². The highest BCUT2D eigenvalue weighted by Crippen LogP contribution is 2.25. The molecule has 1 heterocycles. The average molecular weight is 532 g/mol. The summed E-state index contributed by atoms with van der Waals surface area (Å²) in [6.45, 7) is 6.59. The van der Waals surface area contributed by atoms with E-state index >= 15 is 0 Å². The number of halogens is 2. The Hall–Kier alpha value is -2.90. The van der Waals surface area contributed by atoms with Crippen LogP contribution in [0.4, 0.5) is 0 Å². The number of hydrogen-bond acceptors (Lipinski definition) is 4. The Balaban J connectivity index is 1.73. The number of carbonyl (C=O) groups is 4. The van der Waals surface area contributed by atoms with E-state index in [-0.39, 0.29) is 55.5 Å². The molecule has 0 fully saturated rings. The highest BCUT2D eigenvalue weighted by molar-refractivity contribution is 6.35. The summed E-state index contributed by atoms with van der Waals surface area (Å²) in [5.74, 6) is -0.935. The SMILES string of the molecule is CC[C@H](C(=O)NCC(C)C)N(Cc1ccc(Cl)cc1Cl)C(=O)CCCN1C(=O)c2ccccc2C1=O. The van der Waals surface area contributed by atoms with Crippen LogP contribution in [-0.4, -0.2) is 52.6 Å². The molecular weight excluding hydrogens is 501 g/mol. The van der Waals surface area contributed by atoms with Crippen LogP contribution in [0.25, 0.3) is 0 Å². The van der Waals surface area contributed by atoms with Gasteiger partial charge in [-0.25, -0.2) is 0 Å². The molecule has 2 aromatic carbocycles. The number of rotatable bonds is 11. The van der Waals surface area contributed by atoms with Gasteiger partial charge < -0.3 is 10.2 Å². The summed E-state index contributed by atoms with van der Waals surface area (Å²) in [5.41, 5.74) is 1.42. The van der Waals surface area contributed by atoms with Crippen LogP contribution in [0.5, 0.6) is 0 Å². The summed E-state index contributed by atoms with van der Waals surface area (Å²) < 4.78 is 0. The summed E-state index contributed by atoms with van der Waals surface area (Å²) in [6.07, 6.45) is 0.755. The number of benzene rings is 2. The first-order valence-electron chi connectivity index (χ1n) is 12.1. The van der Waals surface area contributed by atoms with Gasteiger partial charge in [0.05, 0.1) is 11.1 Å². The van der Waals surface area contributed by atoms with Gasteiger partial charge in [-0.1, -0.05) is 62.2 Å². The monoisotopic (exact) mass is 531 g/mol. The van der Waals surface area contributed by atoms with Crippen LogP contribution in [-0.2, 0) is 16.1 Å². The third-order valence-corrected chi connectivity index (χ3v) is 6.66. The molecule has 0 saturated carbocycles. The molecule has 0 saturated heterocycles. The second kappa shape index (κ2) is 12.4. The maximum atomic E-state index is 13.4. The molecule has 0 aliphatic carbocycles. The zero-order chi connectivity index (χ0) is 26.4. The van der Waals surface area contributed by atoms with E-state index in [9.17, 15) is 19.2 Å². The van der Waals surface area contributed by atoms with Crippen LogP contribution in [0.3, 0.4) is 0 Å². The van der Waals surface area contributed by atoms with Crippen molar-refractivity contribution < 1.29 is 19.2 Å². The first-order valence-corrected chi connectivity index (χ1v) is 12.9. The van der Waals surface area contributed by atoms with Crippen LogP contribution in [0.2, 0.25) is 10.0 Å². The van der Waals surface area contributed by atoms with Crippen molar-refractivity contribution in [3.8, 4) is 0 Å². The first kappa shape index (κ1) is 27.7. The van der Waals surface area contributed by atoms with E-state index in [1.165, 1.54) is 9.80 Å². The van der Waals surface area contributed by atoms with E-state index in [1.54, 1.807) is 42.5 Å². The lowest BCUT2D eigenvalue weighted by Crippen LogP contribution is -2.49. The van der Waals surface area contributed by atoms with E-state index in [4.69, 9.17) is 23.2 Å². The zero-order valence-corrected chi connectivity index (χ0v) is 22.2. The van der Waals surface area contributed by atoms with Gasteiger partial charge in [0.25, 0.3) is 11.8 Å². The number of fused-ring (bicyclic) bond motifs is 1. The average Bonchev–Trinajstić information content (AvgIpc) is 3.08. The molecule has 1 atom stereocenters. The van der Waals surface area contributed by atoms with Gasteiger partial charge in [-0.2, -0.15) is 0 Å². The maximum Gasteiger partial charge on any atom is 0.261 e. The van der Waals surface area contributed by atoms with Gasteiger partial charge in [0.15, 0.2) is 0 Å². The molecular formula is C27H31Cl2N3O4. The number of hydrogen-bond donors (Lipinski definition) is 1. The Kier molecular flexibility index (Phi) is 9.51. The molecule has 0 aromatic heterocycles. The number of amides is 4. The summed E-state index contributed by atoms with van der Waals surface area (Å²) in [5, 5.41) is 3.80. The molecule has 0 unspecified atom stereocenters. The van der Waals surface area contributed by atoms with Gasteiger partial charge in [-0.05, 0) is 48.6 Å². The Labute approximate surface area is 221 Å². The van der Waals surface area contributed by atoms with Gasteiger partial charge in [0.2, 0.25) is 11.8 Å². The van der Waals surface area contributed by atoms with Gasteiger partial charge in [-0.3, -0.25) is 24.1 Å². The third-order valence-electron chi connectivity index (χ3n) is 6.08. The summed E-state index contributed by atoms with van der Waals surface area (Å²) >= 11 is 12.4. The molecule has 0 radical (unpaired) electrons. The predicted molar refractivity (Wildman–Crippen MR) is 140 cm³/mol. The molecule has 0 bridgehead atoms. The normalized spacial score (nSPS) is 13.7. The van der Waals surface area contributed by atoms with Crippen molar-refractivity contribution in [3.05, 3.63) is 69.2 Å². The zero-order valence-electron chi connectivity index (χ0n) is 20.7. The minimum Gasteiger partial charge on any atom is -0.354 e. The standard InChI is InChI=1S/C27H31Cl2N3O4/c1-4-23(25(34)30-15-17(2)3)32(16-18-11-12-19(28)14-22(18)29)24(33)10-7-13-31-26(35)20-8-5-6-9-21(20)27(31)36/h5-6,8-9,11-12,14,17,23H,4,7,10,13,15-16H2,1-3H3,(H,30,34)/t23-/m1/s1. The molecule has 4 amide bonds. The quantitative estimate of drug-likeness (QED) is 0.415. The Morgan fingerprint density at radius 2 is 1.67 bits per heavy atom. The van der Waals surface area contributed by atoms with Crippen molar-refractivity contribution in [1.82, 2.24) is 15.1 Å². The molecule has 7 nitrogen and oxygen atoms in total. The molecule has 1 aliphatic rings. The Morgan fingerprint density at radius 3 is 2.22 bits per heavy atom. The minimum absolute atomic E-state index is 0.0621. The second-order valence-corrected chi connectivity index (χ2v) is 10.1. The number of nitrogens with one attached hydrogen (secondary N) is 1. The number of carbonyl (C=O) groups excluding carboxylic acids is 4. The van der Waals surface area contributed by atoms with Crippen LogP contribution >= 0.6 is 23.2 Å². The van der Waals surface area contributed by atoms with E-state index in [0.717, 1.165) is 0 Å². The fourth-order valence-electron chi connectivity index (χ4n) is 4.15. The van der Waals surface area contributed by atoms with E-state index in [1.807, 2.05) is 20.8 Å². The Bertz CT molecular complexity index is 1120. The number of imide groups is 1. The first-order chi connectivity index (χ1) is 17.1. The molecule has 1 N–H and O–H groups in total. The highest BCUT2D eigenvalue weighted by Gasteiger charge is 2.35. The third kappa shape index (κ3) is 6.45. The smallest absolute Gasteiger partial charge is 0.261 e. The largest absolute Gasteiger partial charge is 0.354 e. The molecule has 1 aliphatic heterocycles. The fourth-order valence-corrected chi connectivity index (χ4v) is 4.62. The van der Waals surface area contributed by atoms with E-state index in [2.05, 4.69) is 5.32 Å².